The number of allylic oxidation sites excluding steroid dienone is 2. The molecular weight excluding hydrogens is 442 g/mol. The summed E-state index contributed by atoms with van der Waals surface area (Å²) in [6.45, 7) is 1.53. The van der Waals surface area contributed by atoms with Crippen LogP contribution in [0.5, 0.6) is 11.5 Å². The number of amides is 1. The van der Waals surface area contributed by atoms with E-state index in [-0.39, 0.29) is 48.3 Å². The number of phenols is 2. The first-order valence-electron chi connectivity index (χ1n) is 11.5. The molecule has 3 aliphatic carbocycles. The van der Waals surface area contributed by atoms with E-state index in [0.717, 1.165) is 7.11 Å². The highest BCUT2D eigenvalue weighted by Crippen LogP contribution is 2.65. The molecule has 3 aliphatic rings. The molecule has 0 unspecified atom stereocenters. The zero-order chi connectivity index (χ0) is 24.9. The zero-order valence-electron chi connectivity index (χ0n) is 19.3. The maximum absolute atomic E-state index is 13.0. The van der Waals surface area contributed by atoms with Gasteiger partial charge in [-0.1, -0.05) is 13.0 Å². The second-order valence-electron chi connectivity index (χ2n) is 10.2. The monoisotopic (exact) mass is 473 g/mol. The SMILES string of the molecule is COC(=O)c1ccc(O)c(NC(=O)CC[C@]2(C)C(=O)C=C[C@@]34C[C@@H](CC[C@H]32)[C@@](O)(CO)C4)c1O. The Labute approximate surface area is 197 Å². The Bertz CT molecular complexity index is 1070. The number of methoxy groups -OCH3 is 1. The molecule has 0 aliphatic heterocycles. The number of hydrogen-bond donors (Lipinski definition) is 5. The second-order valence-corrected chi connectivity index (χ2v) is 10.2. The first-order chi connectivity index (χ1) is 16.0. The molecule has 5 N–H and O–H groups in total. The largest absolute Gasteiger partial charge is 0.506 e. The summed E-state index contributed by atoms with van der Waals surface area (Å²) >= 11 is 0. The van der Waals surface area contributed by atoms with Crippen LogP contribution in [0.3, 0.4) is 0 Å². The van der Waals surface area contributed by atoms with Gasteiger partial charge < -0.3 is 30.5 Å². The topological polar surface area (TPSA) is 153 Å². The van der Waals surface area contributed by atoms with Crippen LogP contribution >= 0.6 is 0 Å². The Hall–Kier alpha value is -2.91. The number of aliphatic hydroxyl groups excluding tert-OH is 1. The van der Waals surface area contributed by atoms with Crippen molar-refractivity contribution in [1.29, 1.82) is 0 Å². The first kappa shape index (κ1) is 24.2. The average Bonchev–Trinajstić information content (AvgIpc) is 3.03. The number of aromatic hydroxyl groups is 2. The normalized spacial score (nSPS) is 33.9. The molecule has 0 saturated heterocycles. The van der Waals surface area contributed by atoms with Crippen molar-refractivity contribution in [1.82, 2.24) is 0 Å². The van der Waals surface area contributed by atoms with Crippen molar-refractivity contribution < 1.29 is 39.5 Å². The minimum Gasteiger partial charge on any atom is -0.506 e. The number of anilines is 1. The van der Waals surface area contributed by atoms with Crippen LogP contribution in [-0.2, 0) is 14.3 Å². The molecule has 0 radical (unpaired) electrons. The van der Waals surface area contributed by atoms with Crippen LogP contribution < -0.4 is 5.32 Å². The molecule has 1 spiro atoms. The number of phenolic OH excluding ortho intramolecular Hbond substituents is 2. The first-order valence-corrected chi connectivity index (χ1v) is 11.5. The summed E-state index contributed by atoms with van der Waals surface area (Å²) in [5.74, 6) is -2.54. The van der Waals surface area contributed by atoms with Crippen LogP contribution in [0, 0.1) is 22.7 Å². The van der Waals surface area contributed by atoms with Crippen LogP contribution in [0.4, 0.5) is 5.69 Å². The number of fused-ring (bicyclic) bond motifs is 1. The predicted molar refractivity (Wildman–Crippen MR) is 121 cm³/mol. The Morgan fingerprint density at radius 2 is 1.97 bits per heavy atom. The van der Waals surface area contributed by atoms with E-state index in [1.807, 2.05) is 13.0 Å². The summed E-state index contributed by atoms with van der Waals surface area (Å²) in [6, 6.07) is 2.36. The molecule has 2 fully saturated rings. The highest BCUT2D eigenvalue weighted by molar-refractivity contribution is 6.01. The van der Waals surface area contributed by atoms with Crippen LogP contribution in [0.2, 0.25) is 0 Å². The standard InChI is InChI=1S/C25H31NO8/c1-23(9-8-19(30)26-20-16(28)5-4-15(21(20)31)22(32)34-2)17-6-3-14-11-24(17,10-7-18(23)29)12-25(14,33)13-27/h4-5,7,10,14,17,27-28,31,33H,3,6,8-9,11-13H2,1-2H3,(H,26,30)/t14-,17+,23+,24+,25+/m1/s1. The predicted octanol–water partition coefficient (Wildman–Crippen LogP) is 2.28. The lowest BCUT2D eigenvalue weighted by atomic mass is 9.52. The van der Waals surface area contributed by atoms with Gasteiger partial charge in [0.25, 0.3) is 0 Å². The summed E-state index contributed by atoms with van der Waals surface area (Å²) in [7, 11) is 1.15. The third kappa shape index (κ3) is 3.67. The molecule has 9 heteroatoms. The minimum atomic E-state index is -1.16. The number of hydrogen-bond acceptors (Lipinski definition) is 8. The van der Waals surface area contributed by atoms with Gasteiger partial charge in [0.1, 0.15) is 17.0 Å². The highest BCUT2D eigenvalue weighted by Gasteiger charge is 2.63. The molecule has 2 saturated carbocycles. The summed E-state index contributed by atoms with van der Waals surface area (Å²) < 4.78 is 4.59. The molecule has 5 atom stereocenters. The van der Waals surface area contributed by atoms with Gasteiger partial charge in [0, 0.05) is 11.8 Å². The fourth-order valence-corrected chi connectivity index (χ4v) is 6.56. The van der Waals surface area contributed by atoms with E-state index in [1.54, 1.807) is 6.08 Å². The van der Waals surface area contributed by atoms with Crippen LogP contribution in [0.15, 0.2) is 24.3 Å². The van der Waals surface area contributed by atoms with Crippen LogP contribution in [-0.4, -0.2) is 57.4 Å². The average molecular weight is 474 g/mol. The third-order valence-corrected chi connectivity index (χ3v) is 8.39. The van der Waals surface area contributed by atoms with Gasteiger partial charge in [0.05, 0.1) is 19.3 Å². The van der Waals surface area contributed by atoms with E-state index in [4.69, 9.17) is 0 Å². The number of rotatable bonds is 6. The molecule has 2 bridgehead atoms. The van der Waals surface area contributed by atoms with Crippen molar-refractivity contribution in [3.63, 3.8) is 0 Å². The lowest BCUT2D eigenvalue weighted by molar-refractivity contribution is -0.133. The molecular formula is C25H31NO8. The van der Waals surface area contributed by atoms with Crippen molar-refractivity contribution >= 4 is 23.3 Å². The van der Waals surface area contributed by atoms with Gasteiger partial charge in [0.15, 0.2) is 11.5 Å². The Kier molecular flexibility index (Phi) is 5.98. The molecule has 9 nitrogen and oxygen atoms in total. The van der Waals surface area contributed by atoms with E-state index >= 15 is 0 Å². The number of ether oxygens (including phenoxy) is 1. The van der Waals surface area contributed by atoms with E-state index in [9.17, 15) is 34.8 Å². The van der Waals surface area contributed by atoms with Gasteiger partial charge >= 0.3 is 5.97 Å². The molecule has 1 aromatic rings. The smallest absolute Gasteiger partial charge is 0.341 e. The maximum atomic E-state index is 13.0. The number of aliphatic hydroxyl groups is 2. The maximum Gasteiger partial charge on any atom is 0.341 e. The van der Waals surface area contributed by atoms with Gasteiger partial charge in [-0.05, 0) is 67.6 Å². The lowest BCUT2D eigenvalue weighted by Crippen LogP contribution is -2.48. The van der Waals surface area contributed by atoms with Crippen molar-refractivity contribution in [2.75, 3.05) is 19.0 Å². The number of benzene rings is 1. The van der Waals surface area contributed by atoms with Crippen molar-refractivity contribution in [2.45, 2.75) is 51.0 Å². The van der Waals surface area contributed by atoms with Gasteiger partial charge in [-0.25, -0.2) is 4.79 Å². The van der Waals surface area contributed by atoms with Crippen molar-refractivity contribution in [3.8, 4) is 11.5 Å². The molecule has 34 heavy (non-hydrogen) atoms. The second kappa shape index (κ2) is 8.39. The Morgan fingerprint density at radius 1 is 1.24 bits per heavy atom. The highest BCUT2D eigenvalue weighted by atomic mass is 16.5. The number of esters is 1. The van der Waals surface area contributed by atoms with Crippen LogP contribution in [0.1, 0.15) is 55.8 Å². The quantitative estimate of drug-likeness (QED) is 0.312. The fourth-order valence-electron chi connectivity index (χ4n) is 6.56. The number of carbonyl (C=O) groups excluding carboxylic acids is 3. The van der Waals surface area contributed by atoms with Crippen LogP contribution in [0.25, 0.3) is 0 Å². The lowest BCUT2D eigenvalue weighted by Gasteiger charge is -2.50. The molecule has 0 aromatic heterocycles. The fraction of sp³-hybridized carbons (Fsp3) is 0.560. The summed E-state index contributed by atoms with van der Waals surface area (Å²) in [5.41, 5.74) is -2.89. The van der Waals surface area contributed by atoms with E-state index in [0.29, 0.717) is 25.7 Å². The third-order valence-electron chi connectivity index (χ3n) is 8.39. The Morgan fingerprint density at radius 3 is 2.65 bits per heavy atom. The van der Waals surface area contributed by atoms with Gasteiger partial charge in [-0.15, -0.1) is 0 Å². The summed E-state index contributed by atoms with van der Waals surface area (Å²) in [6.07, 6.45) is 6.13. The number of nitrogens with one attached hydrogen (secondary N) is 1. The molecule has 184 valence electrons. The van der Waals surface area contributed by atoms with Crippen molar-refractivity contribution in [3.05, 3.63) is 29.8 Å². The van der Waals surface area contributed by atoms with Crippen molar-refractivity contribution in [2.24, 2.45) is 22.7 Å². The van der Waals surface area contributed by atoms with E-state index in [1.165, 1.54) is 12.1 Å². The number of carbonyl (C=O) groups is 3. The molecule has 0 heterocycles. The zero-order valence-corrected chi connectivity index (χ0v) is 19.3. The van der Waals surface area contributed by atoms with Gasteiger partial charge in [-0.3, -0.25) is 9.59 Å². The summed E-state index contributed by atoms with van der Waals surface area (Å²) in [5, 5.41) is 43.6. The molecule has 4 rings (SSSR count). The van der Waals surface area contributed by atoms with Gasteiger partial charge in [0.2, 0.25) is 5.91 Å². The summed E-state index contributed by atoms with van der Waals surface area (Å²) in [4.78, 5) is 37.6. The minimum absolute atomic E-state index is 0.0211. The van der Waals surface area contributed by atoms with Gasteiger partial charge in [-0.2, -0.15) is 0 Å². The van der Waals surface area contributed by atoms with E-state index < -0.39 is 39.8 Å². The number of ketones is 1. The Balaban J connectivity index is 1.52. The molecule has 1 amide bonds. The molecule has 1 aromatic carbocycles. The van der Waals surface area contributed by atoms with E-state index in [2.05, 4.69) is 10.1 Å².